The van der Waals surface area contributed by atoms with Gasteiger partial charge in [0.1, 0.15) is 0 Å². The SMILES string of the molecule is CCOC(=O)[C@@]12C(=O)OC[C@@H]1CNC1=C2C(=O)c2ccccc2C1=O. The van der Waals surface area contributed by atoms with Crippen LogP contribution in [0.3, 0.4) is 0 Å². The minimum absolute atomic E-state index is 0.00754. The first-order valence-electron chi connectivity index (χ1n) is 8.05. The van der Waals surface area contributed by atoms with E-state index in [4.69, 9.17) is 9.47 Å². The van der Waals surface area contributed by atoms with Crippen LogP contribution in [0.4, 0.5) is 0 Å². The molecule has 0 spiro atoms. The minimum Gasteiger partial charge on any atom is -0.465 e. The van der Waals surface area contributed by atoms with Gasteiger partial charge in [0.15, 0.2) is 5.78 Å². The average Bonchev–Trinajstić information content (AvgIpc) is 2.97. The minimum atomic E-state index is -1.88. The van der Waals surface area contributed by atoms with Crippen LogP contribution in [0.25, 0.3) is 0 Å². The smallest absolute Gasteiger partial charge is 0.328 e. The number of Topliss-reactive ketones (excluding diaryl/α,β-unsaturated/α-hetero) is 2. The zero-order valence-corrected chi connectivity index (χ0v) is 13.5. The molecule has 1 saturated heterocycles. The number of rotatable bonds is 2. The van der Waals surface area contributed by atoms with Crippen molar-refractivity contribution in [2.75, 3.05) is 19.8 Å². The number of fused-ring (bicyclic) bond motifs is 3. The first kappa shape index (κ1) is 15.6. The van der Waals surface area contributed by atoms with Crippen molar-refractivity contribution in [2.45, 2.75) is 6.92 Å². The maximum atomic E-state index is 13.1. The maximum absolute atomic E-state index is 13.1. The highest BCUT2D eigenvalue weighted by Crippen LogP contribution is 2.49. The van der Waals surface area contributed by atoms with Gasteiger partial charge in [-0.2, -0.15) is 0 Å². The summed E-state index contributed by atoms with van der Waals surface area (Å²) in [5.74, 6) is -3.19. The van der Waals surface area contributed by atoms with Gasteiger partial charge >= 0.3 is 11.9 Å². The standard InChI is InChI=1S/C18H15NO6/c1-2-24-16(22)18-9(8-25-17(18)23)7-19-13-12(18)14(20)10-5-3-4-6-11(10)15(13)21/h3-6,9,19H,2,7-8H2,1H3/t9-,18+/m0/s1. The molecule has 1 fully saturated rings. The zero-order chi connectivity index (χ0) is 17.8. The van der Waals surface area contributed by atoms with E-state index in [9.17, 15) is 19.2 Å². The first-order chi connectivity index (χ1) is 12.0. The van der Waals surface area contributed by atoms with Crippen LogP contribution in [0.15, 0.2) is 35.5 Å². The largest absolute Gasteiger partial charge is 0.465 e. The Balaban J connectivity index is 1.99. The number of carbonyl (C=O) groups excluding carboxylic acids is 4. The Bertz CT molecular complexity index is 870. The molecule has 2 aliphatic heterocycles. The van der Waals surface area contributed by atoms with Crippen molar-refractivity contribution < 1.29 is 28.7 Å². The third kappa shape index (κ3) is 1.80. The lowest BCUT2D eigenvalue weighted by Gasteiger charge is -2.38. The number of benzene rings is 1. The van der Waals surface area contributed by atoms with Gasteiger partial charge in [-0.1, -0.05) is 24.3 Å². The molecule has 128 valence electrons. The van der Waals surface area contributed by atoms with Crippen LogP contribution in [-0.4, -0.2) is 43.3 Å². The van der Waals surface area contributed by atoms with E-state index >= 15 is 0 Å². The van der Waals surface area contributed by atoms with E-state index in [2.05, 4.69) is 5.32 Å². The Hall–Kier alpha value is -2.96. The lowest BCUT2D eigenvalue weighted by molar-refractivity contribution is -0.163. The molecule has 7 heteroatoms. The van der Waals surface area contributed by atoms with Crippen molar-refractivity contribution in [1.82, 2.24) is 5.32 Å². The van der Waals surface area contributed by atoms with Crippen molar-refractivity contribution >= 4 is 23.5 Å². The average molecular weight is 341 g/mol. The summed E-state index contributed by atoms with van der Waals surface area (Å²) in [4.78, 5) is 51.4. The molecule has 25 heavy (non-hydrogen) atoms. The normalized spacial score (nSPS) is 27.1. The predicted molar refractivity (Wildman–Crippen MR) is 83.6 cm³/mol. The molecule has 0 radical (unpaired) electrons. The Morgan fingerprint density at radius 3 is 2.60 bits per heavy atom. The molecule has 0 saturated carbocycles. The Morgan fingerprint density at radius 2 is 1.92 bits per heavy atom. The van der Waals surface area contributed by atoms with Gasteiger partial charge in [-0.15, -0.1) is 0 Å². The summed E-state index contributed by atoms with van der Waals surface area (Å²) in [5.41, 5.74) is -1.60. The summed E-state index contributed by atoms with van der Waals surface area (Å²) in [6.07, 6.45) is 0. The number of ketones is 2. The van der Waals surface area contributed by atoms with E-state index in [0.717, 1.165) is 0 Å². The summed E-state index contributed by atoms with van der Waals surface area (Å²) in [6.45, 7) is 1.83. The number of esters is 2. The van der Waals surface area contributed by atoms with Gasteiger partial charge in [0, 0.05) is 23.6 Å². The van der Waals surface area contributed by atoms with Crippen molar-refractivity contribution in [2.24, 2.45) is 11.3 Å². The van der Waals surface area contributed by atoms with Crippen LogP contribution in [0.2, 0.25) is 0 Å². The summed E-state index contributed by atoms with van der Waals surface area (Å²) in [6, 6.07) is 6.36. The predicted octanol–water partition coefficient (Wildman–Crippen LogP) is 0.645. The van der Waals surface area contributed by atoms with Gasteiger partial charge in [0.05, 0.1) is 24.5 Å². The monoisotopic (exact) mass is 341 g/mol. The molecule has 1 aliphatic carbocycles. The van der Waals surface area contributed by atoms with E-state index in [1.807, 2.05) is 0 Å². The lowest BCUT2D eigenvalue weighted by atomic mass is 9.64. The summed E-state index contributed by atoms with van der Waals surface area (Å²) >= 11 is 0. The highest BCUT2D eigenvalue weighted by molar-refractivity contribution is 6.31. The van der Waals surface area contributed by atoms with Crippen LogP contribution < -0.4 is 5.32 Å². The number of ether oxygens (including phenoxy) is 2. The maximum Gasteiger partial charge on any atom is 0.328 e. The highest BCUT2D eigenvalue weighted by atomic mass is 16.6. The second kappa shape index (κ2) is 5.27. The van der Waals surface area contributed by atoms with Crippen molar-refractivity contribution in [1.29, 1.82) is 0 Å². The van der Waals surface area contributed by atoms with E-state index in [-0.39, 0.29) is 42.2 Å². The van der Waals surface area contributed by atoms with Crippen LogP contribution in [-0.2, 0) is 19.1 Å². The molecule has 0 amide bonds. The highest BCUT2D eigenvalue weighted by Gasteiger charge is 2.67. The number of carbonyl (C=O) groups is 4. The molecular formula is C18H15NO6. The van der Waals surface area contributed by atoms with Gasteiger partial charge in [-0.3, -0.25) is 19.2 Å². The second-order valence-electron chi connectivity index (χ2n) is 6.16. The number of allylic oxidation sites excluding steroid dienone is 1. The van der Waals surface area contributed by atoms with Crippen LogP contribution in [0.5, 0.6) is 0 Å². The topological polar surface area (TPSA) is 98.8 Å². The van der Waals surface area contributed by atoms with Gasteiger partial charge in [0.2, 0.25) is 11.2 Å². The Morgan fingerprint density at radius 1 is 1.24 bits per heavy atom. The van der Waals surface area contributed by atoms with Crippen molar-refractivity contribution in [3.8, 4) is 0 Å². The fourth-order valence-corrected chi connectivity index (χ4v) is 3.84. The van der Waals surface area contributed by atoms with Gasteiger partial charge < -0.3 is 14.8 Å². The summed E-state index contributed by atoms with van der Waals surface area (Å²) in [7, 11) is 0. The zero-order valence-electron chi connectivity index (χ0n) is 13.5. The molecule has 4 rings (SSSR count). The molecule has 2 atom stereocenters. The molecule has 1 N–H and O–H groups in total. The first-order valence-corrected chi connectivity index (χ1v) is 8.05. The van der Waals surface area contributed by atoms with E-state index in [1.165, 1.54) is 6.07 Å². The number of cyclic esters (lactones) is 1. The number of hydrogen-bond donors (Lipinski definition) is 1. The van der Waals surface area contributed by atoms with Gasteiger partial charge in [0.25, 0.3) is 0 Å². The molecule has 2 heterocycles. The Labute approximate surface area is 143 Å². The Kier molecular flexibility index (Phi) is 3.28. The van der Waals surface area contributed by atoms with Crippen LogP contribution in [0.1, 0.15) is 27.6 Å². The summed E-state index contributed by atoms with van der Waals surface area (Å²) in [5, 5.41) is 2.93. The third-order valence-electron chi connectivity index (χ3n) is 4.99. The number of nitrogens with one attached hydrogen (secondary N) is 1. The van der Waals surface area contributed by atoms with Crippen molar-refractivity contribution in [3.63, 3.8) is 0 Å². The van der Waals surface area contributed by atoms with E-state index in [1.54, 1.807) is 25.1 Å². The number of hydrogen-bond acceptors (Lipinski definition) is 7. The molecule has 1 aromatic carbocycles. The third-order valence-corrected chi connectivity index (χ3v) is 4.99. The molecule has 1 aromatic rings. The molecule has 0 unspecified atom stereocenters. The quantitative estimate of drug-likeness (QED) is 0.623. The lowest BCUT2D eigenvalue weighted by Crippen LogP contribution is -2.55. The van der Waals surface area contributed by atoms with Crippen LogP contribution >= 0.6 is 0 Å². The van der Waals surface area contributed by atoms with Gasteiger partial charge in [-0.05, 0) is 6.92 Å². The van der Waals surface area contributed by atoms with Gasteiger partial charge in [-0.25, -0.2) is 0 Å². The molecule has 0 bridgehead atoms. The molecular weight excluding hydrogens is 326 g/mol. The molecule has 3 aliphatic rings. The molecule has 0 aromatic heterocycles. The van der Waals surface area contributed by atoms with Crippen molar-refractivity contribution in [3.05, 3.63) is 46.7 Å². The molecule has 7 nitrogen and oxygen atoms in total. The van der Waals surface area contributed by atoms with E-state index in [0.29, 0.717) is 0 Å². The fourth-order valence-electron chi connectivity index (χ4n) is 3.84. The second-order valence-corrected chi connectivity index (χ2v) is 6.16. The summed E-state index contributed by atoms with van der Waals surface area (Å²) < 4.78 is 10.2. The fraction of sp³-hybridized carbons (Fsp3) is 0.333. The van der Waals surface area contributed by atoms with E-state index < -0.39 is 34.8 Å². The van der Waals surface area contributed by atoms with Crippen LogP contribution in [0, 0.1) is 11.3 Å².